The van der Waals surface area contributed by atoms with E-state index in [-0.39, 0.29) is 0 Å². The summed E-state index contributed by atoms with van der Waals surface area (Å²) in [5.41, 5.74) is 0. The van der Waals surface area contributed by atoms with Crippen LogP contribution in [0.4, 0.5) is 0 Å². The maximum atomic E-state index is 6.24. The van der Waals surface area contributed by atoms with Crippen LogP contribution in [0.2, 0.25) is 0 Å². The molecule has 0 N–H and O–H groups in total. The number of hydrogen-bond acceptors (Lipinski definition) is 3. The molecule has 4 unspecified atom stereocenters. The molecule has 4 atom stereocenters. The van der Waals surface area contributed by atoms with Gasteiger partial charge < -0.3 is 14.2 Å². The molecule has 0 heterocycles. The molecule has 2 rings (SSSR count). The number of rotatable bonds is 4. The van der Waals surface area contributed by atoms with E-state index in [9.17, 15) is 0 Å². The lowest BCUT2D eigenvalue weighted by Gasteiger charge is -2.34. The van der Waals surface area contributed by atoms with Crippen LogP contribution in [0, 0.1) is 0 Å². The minimum atomic E-state index is 0.411. The van der Waals surface area contributed by atoms with Crippen molar-refractivity contribution >= 4 is 0 Å². The largest absolute Gasteiger partial charge is 0.381 e. The van der Waals surface area contributed by atoms with E-state index in [2.05, 4.69) is 0 Å². The molecule has 0 aliphatic heterocycles. The maximum Gasteiger partial charge on any atom is 0.0603 e. The molecule has 0 spiro atoms. The molecule has 0 aromatic carbocycles. The van der Waals surface area contributed by atoms with Crippen LogP contribution in [0.25, 0.3) is 0 Å². The third kappa shape index (κ3) is 3.94. The van der Waals surface area contributed by atoms with Gasteiger partial charge in [-0.2, -0.15) is 0 Å². The van der Waals surface area contributed by atoms with Crippen molar-refractivity contribution in [2.75, 3.05) is 14.2 Å². The van der Waals surface area contributed by atoms with Crippen LogP contribution in [0.15, 0.2) is 0 Å². The number of ether oxygens (including phenoxy) is 3. The Balaban J connectivity index is 1.75. The van der Waals surface area contributed by atoms with Crippen LogP contribution < -0.4 is 0 Å². The highest BCUT2D eigenvalue weighted by Gasteiger charge is 2.28. The quantitative estimate of drug-likeness (QED) is 0.758. The Bertz CT molecular complexity index is 198. The van der Waals surface area contributed by atoms with Gasteiger partial charge in [0.1, 0.15) is 0 Å². The molecule has 2 aliphatic carbocycles. The van der Waals surface area contributed by atoms with Crippen molar-refractivity contribution in [3.63, 3.8) is 0 Å². The lowest BCUT2D eigenvalue weighted by molar-refractivity contribution is -0.0941. The number of hydrogen-bond donors (Lipinski definition) is 0. The first-order valence-electron chi connectivity index (χ1n) is 7.03. The Morgan fingerprint density at radius 2 is 1.06 bits per heavy atom. The van der Waals surface area contributed by atoms with E-state index < -0.39 is 0 Å². The Hall–Kier alpha value is -0.120. The molecule has 0 saturated heterocycles. The molecule has 2 fully saturated rings. The predicted octanol–water partition coefficient (Wildman–Crippen LogP) is 2.92. The van der Waals surface area contributed by atoms with Gasteiger partial charge in [-0.05, 0) is 51.4 Å². The molecule has 2 saturated carbocycles. The molecule has 0 radical (unpaired) electrons. The van der Waals surface area contributed by atoms with Gasteiger partial charge in [-0.1, -0.05) is 0 Å². The minimum Gasteiger partial charge on any atom is -0.381 e. The second kappa shape index (κ2) is 6.72. The standard InChI is InChI=1S/C14H26O3/c1-15-11-5-3-7-13(9-11)17-14-8-4-6-12(10-14)16-2/h11-14H,3-10H2,1-2H3. The zero-order valence-corrected chi connectivity index (χ0v) is 11.2. The molecular weight excluding hydrogens is 216 g/mol. The molecule has 3 nitrogen and oxygen atoms in total. The third-order valence-electron chi connectivity index (χ3n) is 4.21. The average molecular weight is 242 g/mol. The molecular formula is C14H26O3. The monoisotopic (exact) mass is 242 g/mol. The van der Waals surface area contributed by atoms with Gasteiger partial charge in [-0.25, -0.2) is 0 Å². The van der Waals surface area contributed by atoms with Crippen LogP contribution in [0.1, 0.15) is 51.4 Å². The van der Waals surface area contributed by atoms with E-state index in [4.69, 9.17) is 14.2 Å². The molecule has 3 heteroatoms. The molecule has 0 bridgehead atoms. The molecule has 100 valence electrons. The fourth-order valence-corrected chi connectivity index (χ4v) is 3.15. The van der Waals surface area contributed by atoms with Gasteiger partial charge in [0.15, 0.2) is 0 Å². The SMILES string of the molecule is COC1CCCC(OC2CCCC(OC)C2)C1. The van der Waals surface area contributed by atoms with Crippen molar-refractivity contribution in [2.45, 2.75) is 75.8 Å². The summed E-state index contributed by atoms with van der Waals surface area (Å²) in [6, 6.07) is 0. The third-order valence-corrected chi connectivity index (χ3v) is 4.21. The van der Waals surface area contributed by atoms with Crippen LogP contribution >= 0.6 is 0 Å². The van der Waals surface area contributed by atoms with Crippen molar-refractivity contribution < 1.29 is 14.2 Å². The summed E-state index contributed by atoms with van der Waals surface area (Å²) >= 11 is 0. The van der Waals surface area contributed by atoms with E-state index >= 15 is 0 Å². The van der Waals surface area contributed by atoms with Crippen LogP contribution in [0.5, 0.6) is 0 Å². The van der Waals surface area contributed by atoms with Crippen LogP contribution in [-0.2, 0) is 14.2 Å². The second-order valence-electron chi connectivity index (χ2n) is 5.43. The smallest absolute Gasteiger partial charge is 0.0603 e. The fourth-order valence-electron chi connectivity index (χ4n) is 3.15. The average Bonchev–Trinajstić information content (AvgIpc) is 2.39. The zero-order valence-electron chi connectivity index (χ0n) is 11.2. The van der Waals surface area contributed by atoms with Gasteiger partial charge in [-0.3, -0.25) is 0 Å². The summed E-state index contributed by atoms with van der Waals surface area (Å²) in [5.74, 6) is 0. The van der Waals surface area contributed by atoms with E-state index in [1.165, 1.54) is 38.5 Å². The summed E-state index contributed by atoms with van der Waals surface area (Å²) < 4.78 is 17.1. The van der Waals surface area contributed by atoms with Gasteiger partial charge in [0.25, 0.3) is 0 Å². The Morgan fingerprint density at radius 1 is 0.647 bits per heavy atom. The molecule has 0 aromatic heterocycles. The zero-order chi connectivity index (χ0) is 12.1. The molecule has 17 heavy (non-hydrogen) atoms. The minimum absolute atomic E-state index is 0.411. The lowest BCUT2D eigenvalue weighted by Crippen LogP contribution is -2.34. The first kappa shape index (κ1) is 13.3. The summed E-state index contributed by atoms with van der Waals surface area (Å²) in [6.45, 7) is 0. The van der Waals surface area contributed by atoms with Crippen molar-refractivity contribution in [3.05, 3.63) is 0 Å². The summed E-state index contributed by atoms with van der Waals surface area (Å²) in [4.78, 5) is 0. The molecule has 2 aliphatic rings. The van der Waals surface area contributed by atoms with E-state index in [1.54, 1.807) is 0 Å². The van der Waals surface area contributed by atoms with Gasteiger partial charge in [0.2, 0.25) is 0 Å². The maximum absolute atomic E-state index is 6.24. The Labute approximate surface area is 105 Å². The first-order valence-corrected chi connectivity index (χ1v) is 7.03. The van der Waals surface area contributed by atoms with E-state index in [0.29, 0.717) is 24.4 Å². The summed E-state index contributed by atoms with van der Waals surface area (Å²) in [6.07, 6.45) is 11.1. The first-order chi connectivity index (χ1) is 8.31. The Morgan fingerprint density at radius 3 is 1.47 bits per heavy atom. The van der Waals surface area contributed by atoms with Gasteiger partial charge in [0, 0.05) is 14.2 Å². The van der Waals surface area contributed by atoms with Crippen molar-refractivity contribution in [1.29, 1.82) is 0 Å². The fraction of sp³-hybridized carbons (Fsp3) is 1.00. The Kier molecular flexibility index (Phi) is 5.26. The van der Waals surface area contributed by atoms with Crippen molar-refractivity contribution in [1.82, 2.24) is 0 Å². The normalized spacial score (nSPS) is 39.2. The van der Waals surface area contributed by atoms with Gasteiger partial charge in [-0.15, -0.1) is 0 Å². The molecule has 0 amide bonds. The van der Waals surface area contributed by atoms with Crippen molar-refractivity contribution in [2.24, 2.45) is 0 Å². The lowest BCUT2D eigenvalue weighted by atomic mass is 9.92. The predicted molar refractivity (Wildman–Crippen MR) is 67.2 cm³/mol. The van der Waals surface area contributed by atoms with Gasteiger partial charge >= 0.3 is 0 Å². The number of methoxy groups -OCH3 is 2. The highest BCUT2D eigenvalue weighted by atomic mass is 16.5. The van der Waals surface area contributed by atoms with Crippen LogP contribution in [-0.4, -0.2) is 38.6 Å². The van der Waals surface area contributed by atoms with E-state index in [0.717, 1.165) is 12.8 Å². The molecule has 0 aromatic rings. The van der Waals surface area contributed by atoms with E-state index in [1.807, 2.05) is 14.2 Å². The second-order valence-corrected chi connectivity index (χ2v) is 5.43. The topological polar surface area (TPSA) is 27.7 Å². The highest BCUT2D eigenvalue weighted by molar-refractivity contribution is 4.78. The van der Waals surface area contributed by atoms with Crippen LogP contribution in [0.3, 0.4) is 0 Å². The highest BCUT2D eigenvalue weighted by Crippen LogP contribution is 2.29. The van der Waals surface area contributed by atoms with Crippen molar-refractivity contribution in [3.8, 4) is 0 Å². The van der Waals surface area contributed by atoms with Gasteiger partial charge in [0.05, 0.1) is 24.4 Å². The summed E-state index contributed by atoms with van der Waals surface area (Å²) in [5, 5.41) is 0. The summed E-state index contributed by atoms with van der Waals surface area (Å²) in [7, 11) is 3.63.